The zero-order valence-corrected chi connectivity index (χ0v) is 8.57. The number of rotatable bonds is 2. The fourth-order valence-corrected chi connectivity index (χ4v) is 1.40. The number of H-pyrrole nitrogens is 1. The first kappa shape index (κ1) is 11.6. The van der Waals surface area contributed by atoms with E-state index in [0.717, 1.165) is 12.1 Å². The third kappa shape index (κ3) is 2.44. The predicted molar refractivity (Wildman–Crippen MR) is 53.9 cm³/mol. The molecule has 0 saturated heterocycles. The van der Waals surface area contributed by atoms with Gasteiger partial charge in [0.25, 0.3) is 0 Å². The van der Waals surface area contributed by atoms with Gasteiger partial charge in [0.2, 0.25) is 0 Å². The largest absolute Gasteiger partial charge is 0.416 e. The number of hydrogen-bond acceptors (Lipinski definition) is 3. The minimum Gasteiger partial charge on any atom is -0.318 e. The molecule has 90 valence electrons. The van der Waals surface area contributed by atoms with Crippen molar-refractivity contribution < 1.29 is 13.2 Å². The van der Waals surface area contributed by atoms with Crippen LogP contribution in [0.5, 0.6) is 0 Å². The molecule has 2 rings (SSSR count). The average molecular weight is 242 g/mol. The van der Waals surface area contributed by atoms with Gasteiger partial charge in [-0.25, -0.2) is 4.98 Å². The molecule has 0 amide bonds. The Morgan fingerprint density at radius 1 is 1.18 bits per heavy atom. The third-order valence-corrected chi connectivity index (χ3v) is 2.33. The smallest absolute Gasteiger partial charge is 0.318 e. The van der Waals surface area contributed by atoms with Gasteiger partial charge in [0, 0.05) is 0 Å². The second-order valence-corrected chi connectivity index (χ2v) is 3.47. The summed E-state index contributed by atoms with van der Waals surface area (Å²) in [5.41, 5.74) is 5.64. The van der Waals surface area contributed by atoms with E-state index in [4.69, 9.17) is 5.73 Å². The molecule has 17 heavy (non-hydrogen) atoms. The minimum atomic E-state index is -4.34. The van der Waals surface area contributed by atoms with E-state index in [0.29, 0.717) is 11.4 Å². The molecule has 0 aliphatic heterocycles. The highest BCUT2D eigenvalue weighted by atomic mass is 19.4. The normalized spacial score (nSPS) is 13.6. The van der Waals surface area contributed by atoms with Crippen LogP contribution in [0.1, 0.15) is 23.0 Å². The number of alkyl halides is 3. The molecule has 4 nitrogen and oxygen atoms in total. The van der Waals surface area contributed by atoms with Gasteiger partial charge in [-0.2, -0.15) is 18.3 Å². The number of nitrogens with zero attached hydrogens (tertiary/aromatic N) is 2. The second kappa shape index (κ2) is 4.17. The summed E-state index contributed by atoms with van der Waals surface area (Å²) in [4.78, 5) is 3.85. The van der Waals surface area contributed by atoms with Crippen molar-refractivity contribution in [3.05, 3.63) is 47.5 Å². The molecule has 0 saturated carbocycles. The summed E-state index contributed by atoms with van der Waals surface area (Å²) >= 11 is 0. The molecule has 0 aliphatic carbocycles. The van der Waals surface area contributed by atoms with Crippen molar-refractivity contribution >= 4 is 0 Å². The Morgan fingerprint density at radius 2 is 1.82 bits per heavy atom. The van der Waals surface area contributed by atoms with Gasteiger partial charge >= 0.3 is 6.18 Å². The average Bonchev–Trinajstić information content (AvgIpc) is 2.80. The number of aromatic amines is 1. The lowest BCUT2D eigenvalue weighted by molar-refractivity contribution is -0.137. The molecule has 1 atom stereocenters. The Kier molecular flexibility index (Phi) is 2.84. The monoisotopic (exact) mass is 242 g/mol. The highest BCUT2D eigenvalue weighted by Gasteiger charge is 2.30. The summed E-state index contributed by atoms with van der Waals surface area (Å²) in [6.45, 7) is 0. The summed E-state index contributed by atoms with van der Waals surface area (Å²) in [5, 5.41) is 6.20. The molecule has 7 heteroatoms. The van der Waals surface area contributed by atoms with E-state index in [-0.39, 0.29) is 0 Å². The Balaban J connectivity index is 2.24. The summed E-state index contributed by atoms with van der Waals surface area (Å²) in [6.07, 6.45) is -3.05. The Morgan fingerprint density at radius 3 is 2.29 bits per heavy atom. The van der Waals surface area contributed by atoms with Gasteiger partial charge in [-0.3, -0.25) is 5.10 Å². The number of nitrogens with two attached hydrogens (primary N) is 1. The second-order valence-electron chi connectivity index (χ2n) is 3.47. The summed E-state index contributed by atoms with van der Waals surface area (Å²) in [7, 11) is 0. The van der Waals surface area contributed by atoms with Gasteiger partial charge in [-0.15, -0.1) is 0 Å². The van der Waals surface area contributed by atoms with Crippen LogP contribution >= 0.6 is 0 Å². The van der Waals surface area contributed by atoms with Crippen molar-refractivity contribution in [2.24, 2.45) is 5.73 Å². The van der Waals surface area contributed by atoms with Gasteiger partial charge in [0.1, 0.15) is 12.2 Å². The van der Waals surface area contributed by atoms with E-state index in [2.05, 4.69) is 15.2 Å². The first-order chi connectivity index (χ1) is 7.98. The number of hydrogen-bond donors (Lipinski definition) is 2. The van der Waals surface area contributed by atoms with Crippen molar-refractivity contribution in [2.75, 3.05) is 0 Å². The van der Waals surface area contributed by atoms with E-state index in [1.807, 2.05) is 0 Å². The van der Waals surface area contributed by atoms with Crippen LogP contribution in [0.15, 0.2) is 30.6 Å². The highest BCUT2D eigenvalue weighted by Crippen LogP contribution is 2.30. The van der Waals surface area contributed by atoms with Gasteiger partial charge in [0.15, 0.2) is 0 Å². The third-order valence-electron chi connectivity index (χ3n) is 2.33. The molecular weight excluding hydrogens is 233 g/mol. The fourth-order valence-electron chi connectivity index (χ4n) is 1.40. The first-order valence-electron chi connectivity index (χ1n) is 4.76. The molecule has 2 aromatic rings. The molecule has 3 N–H and O–H groups in total. The van der Waals surface area contributed by atoms with Crippen molar-refractivity contribution in [1.29, 1.82) is 0 Å². The highest BCUT2D eigenvalue weighted by molar-refractivity contribution is 5.29. The molecule has 1 heterocycles. The standard InChI is InChI=1S/C10H9F3N4/c11-10(12,13)7-3-1-6(2-4-7)8(14)9-15-5-16-17-9/h1-5,8H,14H2,(H,15,16,17). The van der Waals surface area contributed by atoms with Crippen molar-refractivity contribution in [2.45, 2.75) is 12.2 Å². The maximum absolute atomic E-state index is 12.3. The van der Waals surface area contributed by atoms with Gasteiger partial charge in [0.05, 0.1) is 11.6 Å². The number of aromatic nitrogens is 3. The topological polar surface area (TPSA) is 67.6 Å². The molecule has 0 radical (unpaired) electrons. The van der Waals surface area contributed by atoms with Crippen LogP contribution < -0.4 is 5.73 Å². The Labute approximate surface area is 94.7 Å². The number of benzene rings is 1. The van der Waals surface area contributed by atoms with Crippen LogP contribution in [-0.4, -0.2) is 15.2 Å². The first-order valence-corrected chi connectivity index (χ1v) is 4.76. The SMILES string of the molecule is NC(c1ccc(C(F)(F)F)cc1)c1ncn[nH]1. The molecular formula is C10H9F3N4. The van der Waals surface area contributed by atoms with Gasteiger partial charge in [-0.05, 0) is 17.7 Å². The molecule has 0 spiro atoms. The van der Waals surface area contributed by atoms with E-state index in [9.17, 15) is 13.2 Å². The van der Waals surface area contributed by atoms with Crippen molar-refractivity contribution in [1.82, 2.24) is 15.2 Å². The molecule has 0 bridgehead atoms. The van der Waals surface area contributed by atoms with Gasteiger partial charge in [-0.1, -0.05) is 12.1 Å². The molecule has 1 aromatic heterocycles. The lowest BCUT2D eigenvalue weighted by Gasteiger charge is -2.11. The van der Waals surface area contributed by atoms with Crippen LogP contribution in [-0.2, 0) is 6.18 Å². The van der Waals surface area contributed by atoms with E-state index in [1.54, 1.807) is 0 Å². The van der Waals surface area contributed by atoms with Crippen LogP contribution in [0.3, 0.4) is 0 Å². The molecule has 0 fully saturated rings. The number of halogens is 3. The van der Waals surface area contributed by atoms with Crippen molar-refractivity contribution in [3.8, 4) is 0 Å². The minimum absolute atomic E-state index is 0.407. The molecule has 0 aliphatic rings. The molecule has 1 aromatic carbocycles. The van der Waals surface area contributed by atoms with Crippen LogP contribution in [0.2, 0.25) is 0 Å². The van der Waals surface area contributed by atoms with Crippen LogP contribution in [0.25, 0.3) is 0 Å². The summed E-state index contributed by atoms with van der Waals surface area (Å²) in [6, 6.07) is 4.03. The summed E-state index contributed by atoms with van der Waals surface area (Å²) in [5.74, 6) is 0.407. The maximum Gasteiger partial charge on any atom is 0.416 e. The summed E-state index contributed by atoms with van der Waals surface area (Å²) < 4.78 is 37.0. The Bertz CT molecular complexity index is 475. The molecule has 1 unspecified atom stereocenters. The van der Waals surface area contributed by atoms with E-state index < -0.39 is 17.8 Å². The lowest BCUT2D eigenvalue weighted by Crippen LogP contribution is -2.14. The quantitative estimate of drug-likeness (QED) is 0.844. The number of nitrogens with one attached hydrogen (secondary N) is 1. The van der Waals surface area contributed by atoms with Gasteiger partial charge < -0.3 is 5.73 Å². The maximum atomic E-state index is 12.3. The zero-order chi connectivity index (χ0) is 12.5. The van der Waals surface area contributed by atoms with Crippen LogP contribution in [0.4, 0.5) is 13.2 Å². The van der Waals surface area contributed by atoms with E-state index in [1.165, 1.54) is 18.5 Å². The fraction of sp³-hybridized carbons (Fsp3) is 0.200. The predicted octanol–water partition coefficient (Wildman–Crippen LogP) is 1.87. The lowest BCUT2D eigenvalue weighted by atomic mass is 10.0. The zero-order valence-electron chi connectivity index (χ0n) is 8.57. The van der Waals surface area contributed by atoms with E-state index >= 15 is 0 Å². The van der Waals surface area contributed by atoms with Crippen LogP contribution in [0, 0.1) is 0 Å². The Hall–Kier alpha value is -1.89. The van der Waals surface area contributed by atoms with Crippen molar-refractivity contribution in [3.63, 3.8) is 0 Å².